The van der Waals surface area contributed by atoms with E-state index in [1.807, 2.05) is 11.3 Å². The van der Waals surface area contributed by atoms with Crippen molar-refractivity contribution in [3.63, 3.8) is 0 Å². The second kappa shape index (κ2) is 9.80. The number of hydrogen-bond acceptors (Lipinski definition) is 3. The van der Waals surface area contributed by atoms with Crippen molar-refractivity contribution in [2.24, 2.45) is 5.41 Å². The van der Waals surface area contributed by atoms with Gasteiger partial charge in [-0.3, -0.25) is 0 Å². The van der Waals surface area contributed by atoms with Gasteiger partial charge < -0.3 is 0 Å². The summed E-state index contributed by atoms with van der Waals surface area (Å²) in [6, 6.07) is 18.3. The molecule has 5 aromatic rings. The van der Waals surface area contributed by atoms with Gasteiger partial charge in [-0.15, -0.1) is 11.3 Å². The lowest BCUT2D eigenvalue weighted by Crippen LogP contribution is -2.20. The summed E-state index contributed by atoms with van der Waals surface area (Å²) in [5, 5.41) is 2.58. The number of thiophene rings is 1. The predicted molar refractivity (Wildman–Crippen MR) is 174 cm³/mol. The standard InChI is InChI=1S/C37H42N2S/c1-22-17-27(25-13-15-37(7,8)16-14-25)18-23(2)31(22)34-24(3)32-35(40-34)33(39-21-38-32)28-19-26-11-9-10-12-29(26)30(20-28)36(4,5)6/h9-12,17-21,25H,13-16H2,1-8H3. The van der Waals surface area contributed by atoms with Gasteiger partial charge in [-0.25, -0.2) is 9.97 Å². The molecule has 1 saturated carbocycles. The first-order chi connectivity index (χ1) is 18.9. The Balaban J connectivity index is 1.47. The first-order valence-corrected chi connectivity index (χ1v) is 15.6. The maximum absolute atomic E-state index is 4.89. The van der Waals surface area contributed by atoms with E-state index >= 15 is 0 Å². The molecule has 206 valence electrons. The quantitative estimate of drug-likeness (QED) is 0.225. The van der Waals surface area contributed by atoms with E-state index in [4.69, 9.17) is 9.97 Å². The third-order valence-corrected chi connectivity index (χ3v) is 10.5. The van der Waals surface area contributed by atoms with Crippen molar-refractivity contribution >= 4 is 32.3 Å². The van der Waals surface area contributed by atoms with E-state index < -0.39 is 0 Å². The van der Waals surface area contributed by atoms with Crippen LogP contribution in [0, 0.1) is 26.2 Å². The predicted octanol–water partition coefficient (Wildman–Crippen LogP) is 11.1. The van der Waals surface area contributed by atoms with Crippen LogP contribution in [0.5, 0.6) is 0 Å². The number of fused-ring (bicyclic) bond motifs is 2. The lowest BCUT2D eigenvalue weighted by atomic mass is 9.71. The van der Waals surface area contributed by atoms with Crippen LogP contribution in [-0.2, 0) is 5.41 Å². The number of rotatable bonds is 3. The fourth-order valence-corrected chi connectivity index (χ4v) is 8.31. The largest absolute Gasteiger partial charge is 0.235 e. The molecule has 2 aromatic heterocycles. The smallest absolute Gasteiger partial charge is 0.116 e. The molecule has 0 saturated heterocycles. The minimum atomic E-state index is 0.0301. The van der Waals surface area contributed by atoms with E-state index in [0.29, 0.717) is 11.3 Å². The number of aryl methyl sites for hydroxylation is 3. The SMILES string of the molecule is Cc1cc(C2CCC(C)(C)CC2)cc(C)c1-c1sc2c(-c3cc(C(C)(C)C)c4ccccc4c3)ncnc2c1C. The highest BCUT2D eigenvalue weighted by molar-refractivity contribution is 7.23. The van der Waals surface area contributed by atoms with E-state index in [-0.39, 0.29) is 5.41 Å². The van der Waals surface area contributed by atoms with Gasteiger partial charge >= 0.3 is 0 Å². The average Bonchev–Trinajstić information content (AvgIpc) is 3.23. The van der Waals surface area contributed by atoms with Crippen molar-refractivity contribution in [2.75, 3.05) is 0 Å². The maximum Gasteiger partial charge on any atom is 0.116 e. The molecule has 1 aliphatic carbocycles. The van der Waals surface area contributed by atoms with Gasteiger partial charge in [0, 0.05) is 10.4 Å². The number of aromatic nitrogens is 2. The number of benzene rings is 3. The third-order valence-electron chi connectivity index (χ3n) is 9.24. The lowest BCUT2D eigenvalue weighted by molar-refractivity contribution is 0.224. The molecule has 6 rings (SSSR count). The highest BCUT2D eigenvalue weighted by atomic mass is 32.1. The third kappa shape index (κ3) is 4.77. The van der Waals surface area contributed by atoms with Crippen molar-refractivity contribution in [1.29, 1.82) is 0 Å². The summed E-state index contributed by atoms with van der Waals surface area (Å²) in [7, 11) is 0. The molecule has 0 N–H and O–H groups in total. The molecule has 0 aliphatic heterocycles. The van der Waals surface area contributed by atoms with Crippen LogP contribution in [0.3, 0.4) is 0 Å². The Kier molecular flexibility index (Phi) is 6.65. The Labute approximate surface area is 243 Å². The normalized spacial score (nSPS) is 16.2. The Morgan fingerprint density at radius 2 is 1.55 bits per heavy atom. The van der Waals surface area contributed by atoms with Crippen LogP contribution in [0.2, 0.25) is 0 Å². The second-order valence-electron chi connectivity index (χ2n) is 13.9. The fourth-order valence-electron chi connectivity index (χ4n) is 6.86. The lowest BCUT2D eigenvalue weighted by Gasteiger charge is -2.35. The Morgan fingerprint density at radius 1 is 0.875 bits per heavy atom. The molecule has 0 spiro atoms. The summed E-state index contributed by atoms with van der Waals surface area (Å²) in [6.07, 6.45) is 6.99. The molecule has 2 heterocycles. The minimum absolute atomic E-state index is 0.0301. The molecule has 2 nitrogen and oxygen atoms in total. The zero-order chi connectivity index (χ0) is 28.4. The molecule has 0 bridgehead atoms. The molecule has 0 amide bonds. The number of hydrogen-bond donors (Lipinski definition) is 0. The van der Waals surface area contributed by atoms with Crippen molar-refractivity contribution in [2.45, 2.75) is 92.4 Å². The summed E-state index contributed by atoms with van der Waals surface area (Å²) in [5.74, 6) is 0.686. The van der Waals surface area contributed by atoms with Gasteiger partial charge in [0.2, 0.25) is 0 Å². The van der Waals surface area contributed by atoms with E-state index in [1.165, 1.54) is 85.0 Å². The number of nitrogens with zero attached hydrogens (tertiary/aromatic N) is 2. The van der Waals surface area contributed by atoms with Crippen molar-refractivity contribution in [3.8, 4) is 21.7 Å². The highest BCUT2D eigenvalue weighted by Crippen LogP contribution is 2.47. The van der Waals surface area contributed by atoms with Crippen LogP contribution in [0.15, 0.2) is 54.9 Å². The zero-order valence-corrected chi connectivity index (χ0v) is 26.2. The van der Waals surface area contributed by atoms with E-state index in [0.717, 1.165) is 11.2 Å². The molecule has 0 radical (unpaired) electrons. The van der Waals surface area contributed by atoms with Gasteiger partial charge in [-0.2, -0.15) is 0 Å². The molecular formula is C37H42N2S. The molecule has 0 unspecified atom stereocenters. The van der Waals surface area contributed by atoms with E-state index in [1.54, 1.807) is 6.33 Å². The summed E-state index contributed by atoms with van der Waals surface area (Å²) < 4.78 is 1.18. The van der Waals surface area contributed by atoms with Crippen LogP contribution in [0.4, 0.5) is 0 Å². The van der Waals surface area contributed by atoms with Crippen molar-refractivity contribution in [3.05, 3.63) is 82.7 Å². The molecule has 3 heteroatoms. The summed E-state index contributed by atoms with van der Waals surface area (Å²) in [4.78, 5) is 11.0. The Morgan fingerprint density at radius 3 is 2.23 bits per heavy atom. The molecule has 1 aliphatic rings. The minimum Gasteiger partial charge on any atom is -0.235 e. The zero-order valence-electron chi connectivity index (χ0n) is 25.4. The van der Waals surface area contributed by atoms with Gasteiger partial charge in [-0.1, -0.05) is 71.0 Å². The van der Waals surface area contributed by atoms with Crippen LogP contribution < -0.4 is 0 Å². The van der Waals surface area contributed by atoms with Gasteiger partial charge in [-0.05, 0) is 119 Å². The molecule has 40 heavy (non-hydrogen) atoms. The molecule has 3 aromatic carbocycles. The Bertz CT molecular complexity index is 1720. The van der Waals surface area contributed by atoms with Gasteiger partial charge in [0.05, 0.1) is 15.9 Å². The summed E-state index contributed by atoms with van der Waals surface area (Å²) in [6.45, 7) is 18.6. The summed E-state index contributed by atoms with van der Waals surface area (Å²) >= 11 is 1.86. The van der Waals surface area contributed by atoms with E-state index in [2.05, 4.69) is 104 Å². The average molecular weight is 547 g/mol. The fraction of sp³-hybridized carbons (Fsp3) is 0.405. The monoisotopic (exact) mass is 546 g/mol. The second-order valence-corrected chi connectivity index (χ2v) is 14.9. The van der Waals surface area contributed by atoms with E-state index in [9.17, 15) is 0 Å². The molecule has 1 fully saturated rings. The van der Waals surface area contributed by atoms with Crippen LogP contribution >= 0.6 is 11.3 Å². The molecular weight excluding hydrogens is 504 g/mol. The van der Waals surface area contributed by atoms with Gasteiger partial charge in [0.25, 0.3) is 0 Å². The van der Waals surface area contributed by atoms with Crippen LogP contribution in [-0.4, -0.2) is 9.97 Å². The topological polar surface area (TPSA) is 25.8 Å². The highest BCUT2D eigenvalue weighted by Gasteiger charge is 2.28. The van der Waals surface area contributed by atoms with Crippen LogP contribution in [0.25, 0.3) is 42.7 Å². The Hall–Kier alpha value is -3.04. The summed E-state index contributed by atoms with van der Waals surface area (Å²) in [5.41, 5.74) is 12.1. The van der Waals surface area contributed by atoms with Crippen LogP contribution in [0.1, 0.15) is 94.0 Å². The van der Waals surface area contributed by atoms with Gasteiger partial charge in [0.15, 0.2) is 0 Å². The first-order valence-electron chi connectivity index (χ1n) is 14.8. The maximum atomic E-state index is 4.89. The first kappa shape index (κ1) is 27.1. The van der Waals surface area contributed by atoms with Crippen molar-refractivity contribution < 1.29 is 0 Å². The molecule has 0 atom stereocenters. The van der Waals surface area contributed by atoms with Crippen molar-refractivity contribution in [1.82, 2.24) is 9.97 Å². The van der Waals surface area contributed by atoms with Gasteiger partial charge in [0.1, 0.15) is 6.33 Å².